The Morgan fingerprint density at radius 2 is 1.60 bits per heavy atom. The molecule has 214 valence electrons. The van der Waals surface area contributed by atoms with Gasteiger partial charge in [-0.25, -0.2) is 8.42 Å². The van der Waals surface area contributed by atoms with Crippen molar-refractivity contribution in [1.29, 1.82) is 0 Å². The molecule has 40 heavy (non-hydrogen) atoms. The molecule has 7 nitrogen and oxygen atoms in total. The van der Waals surface area contributed by atoms with E-state index >= 15 is 0 Å². The summed E-state index contributed by atoms with van der Waals surface area (Å²) < 4.78 is 28.8. The molecule has 0 aromatic heterocycles. The number of rotatable bonds is 10. The van der Waals surface area contributed by atoms with Gasteiger partial charge >= 0.3 is 0 Å². The van der Waals surface area contributed by atoms with Crippen molar-refractivity contribution in [3.8, 4) is 0 Å². The SMILES string of the molecule is CC[C@H](C(=O)NC(C)(C)C)N(Cc1ccc(Cl)c(Cl)c1)C(=O)CN(c1cccc(C)c1)S(=O)(=O)c1ccccc1. The Balaban J connectivity index is 2.08. The molecule has 0 saturated heterocycles. The summed E-state index contributed by atoms with van der Waals surface area (Å²) in [5, 5.41) is 3.62. The lowest BCUT2D eigenvalue weighted by molar-refractivity contribution is -0.141. The summed E-state index contributed by atoms with van der Waals surface area (Å²) in [5.74, 6) is -0.876. The third-order valence-corrected chi connectivity index (χ3v) is 8.65. The van der Waals surface area contributed by atoms with Gasteiger partial charge in [-0.1, -0.05) is 66.5 Å². The molecule has 3 aromatic carbocycles. The van der Waals surface area contributed by atoms with Crippen LogP contribution in [0, 0.1) is 6.92 Å². The van der Waals surface area contributed by atoms with Crippen LogP contribution in [0.1, 0.15) is 45.2 Å². The van der Waals surface area contributed by atoms with Gasteiger partial charge in [-0.15, -0.1) is 0 Å². The highest BCUT2D eigenvalue weighted by molar-refractivity contribution is 7.92. The van der Waals surface area contributed by atoms with E-state index in [4.69, 9.17) is 23.2 Å². The minimum absolute atomic E-state index is 0.0266. The van der Waals surface area contributed by atoms with E-state index in [1.54, 1.807) is 61.5 Å². The van der Waals surface area contributed by atoms with Crippen molar-refractivity contribution in [2.45, 2.75) is 64.1 Å². The molecule has 0 aliphatic carbocycles. The smallest absolute Gasteiger partial charge is 0.264 e. The molecule has 0 aliphatic rings. The number of nitrogens with zero attached hydrogens (tertiary/aromatic N) is 2. The normalized spacial score (nSPS) is 12.5. The zero-order valence-corrected chi connectivity index (χ0v) is 25.6. The number of sulfonamides is 1. The standard InChI is InChI=1S/C30H35Cl2N3O4S/c1-6-27(29(37)33-30(3,4)5)34(19-22-15-16-25(31)26(32)18-22)28(36)20-35(23-12-10-11-21(2)17-23)40(38,39)24-13-8-7-9-14-24/h7-18,27H,6,19-20H2,1-5H3,(H,33,37)/t27-/m1/s1. The van der Waals surface area contributed by atoms with Gasteiger partial charge in [-0.3, -0.25) is 13.9 Å². The first-order chi connectivity index (χ1) is 18.7. The van der Waals surface area contributed by atoms with Crippen LogP contribution < -0.4 is 9.62 Å². The molecular formula is C30H35Cl2N3O4S. The van der Waals surface area contributed by atoms with E-state index in [-0.39, 0.29) is 17.3 Å². The van der Waals surface area contributed by atoms with Gasteiger partial charge in [0.1, 0.15) is 12.6 Å². The number of carbonyl (C=O) groups excluding carboxylic acids is 2. The van der Waals surface area contributed by atoms with Crippen molar-refractivity contribution >= 4 is 50.7 Å². The van der Waals surface area contributed by atoms with Gasteiger partial charge in [0, 0.05) is 12.1 Å². The fourth-order valence-electron chi connectivity index (χ4n) is 4.24. The first-order valence-electron chi connectivity index (χ1n) is 12.9. The van der Waals surface area contributed by atoms with E-state index in [1.807, 2.05) is 33.8 Å². The zero-order valence-electron chi connectivity index (χ0n) is 23.3. The Kier molecular flexibility index (Phi) is 10.3. The maximum atomic E-state index is 14.1. The van der Waals surface area contributed by atoms with Gasteiger partial charge in [-0.05, 0) is 81.6 Å². The van der Waals surface area contributed by atoms with Gasteiger partial charge in [0.2, 0.25) is 11.8 Å². The monoisotopic (exact) mass is 603 g/mol. The Morgan fingerprint density at radius 1 is 0.925 bits per heavy atom. The molecular weight excluding hydrogens is 569 g/mol. The number of hydrogen-bond acceptors (Lipinski definition) is 4. The van der Waals surface area contributed by atoms with Crippen LogP contribution in [0.5, 0.6) is 0 Å². The van der Waals surface area contributed by atoms with E-state index in [0.29, 0.717) is 27.7 Å². The fraction of sp³-hybridized carbons (Fsp3) is 0.333. The molecule has 0 spiro atoms. The number of halogens is 2. The summed E-state index contributed by atoms with van der Waals surface area (Å²) in [6, 6.07) is 19.0. The van der Waals surface area contributed by atoms with Crippen LogP contribution in [-0.4, -0.2) is 43.3 Å². The Labute approximate surface area is 247 Å². The molecule has 3 rings (SSSR count). The second kappa shape index (κ2) is 13.1. The molecule has 0 heterocycles. The molecule has 0 radical (unpaired) electrons. The maximum absolute atomic E-state index is 14.1. The van der Waals surface area contributed by atoms with Crippen molar-refractivity contribution < 1.29 is 18.0 Å². The quantitative estimate of drug-likeness (QED) is 0.298. The number of benzene rings is 3. The van der Waals surface area contributed by atoms with E-state index in [9.17, 15) is 18.0 Å². The number of anilines is 1. The second-order valence-corrected chi connectivity index (χ2v) is 13.3. The molecule has 0 aliphatic heterocycles. The average molecular weight is 605 g/mol. The van der Waals surface area contributed by atoms with Crippen molar-refractivity contribution in [3.63, 3.8) is 0 Å². The lowest BCUT2D eigenvalue weighted by Crippen LogP contribution is -2.55. The third kappa shape index (κ3) is 7.99. The first kappa shape index (κ1) is 31.5. The number of carbonyl (C=O) groups is 2. The molecule has 0 saturated carbocycles. The van der Waals surface area contributed by atoms with Crippen LogP contribution in [0.15, 0.2) is 77.7 Å². The lowest BCUT2D eigenvalue weighted by Gasteiger charge is -2.35. The van der Waals surface area contributed by atoms with Crippen LogP contribution in [-0.2, 0) is 26.2 Å². The third-order valence-electron chi connectivity index (χ3n) is 6.12. The van der Waals surface area contributed by atoms with Crippen LogP contribution in [0.3, 0.4) is 0 Å². The highest BCUT2D eigenvalue weighted by Crippen LogP contribution is 2.27. The van der Waals surface area contributed by atoms with E-state index < -0.39 is 34.1 Å². The van der Waals surface area contributed by atoms with E-state index in [1.165, 1.54) is 17.0 Å². The maximum Gasteiger partial charge on any atom is 0.264 e. The number of hydrogen-bond donors (Lipinski definition) is 1. The largest absolute Gasteiger partial charge is 0.350 e. The van der Waals surface area contributed by atoms with E-state index in [0.717, 1.165) is 9.87 Å². The van der Waals surface area contributed by atoms with Gasteiger partial charge in [0.25, 0.3) is 10.0 Å². The average Bonchev–Trinajstić information content (AvgIpc) is 2.88. The minimum atomic E-state index is -4.12. The van der Waals surface area contributed by atoms with Crippen molar-refractivity contribution in [2.75, 3.05) is 10.8 Å². The Hall–Kier alpha value is -3.07. The second-order valence-electron chi connectivity index (χ2n) is 10.6. The van der Waals surface area contributed by atoms with Gasteiger partial charge in [0.15, 0.2) is 0 Å². The summed E-state index contributed by atoms with van der Waals surface area (Å²) in [6.07, 6.45) is 0.310. The topological polar surface area (TPSA) is 86.8 Å². The number of aryl methyl sites for hydroxylation is 1. The predicted molar refractivity (Wildman–Crippen MR) is 161 cm³/mol. The summed E-state index contributed by atoms with van der Waals surface area (Å²) in [4.78, 5) is 28.9. The minimum Gasteiger partial charge on any atom is -0.350 e. The summed E-state index contributed by atoms with van der Waals surface area (Å²) in [7, 11) is -4.12. The molecule has 0 bridgehead atoms. The molecule has 10 heteroatoms. The van der Waals surface area contributed by atoms with Crippen molar-refractivity contribution in [2.24, 2.45) is 0 Å². The van der Waals surface area contributed by atoms with Gasteiger partial charge in [0.05, 0.1) is 20.6 Å². The first-order valence-corrected chi connectivity index (χ1v) is 15.1. The van der Waals surface area contributed by atoms with Crippen LogP contribution >= 0.6 is 23.2 Å². The Morgan fingerprint density at radius 3 is 2.17 bits per heavy atom. The molecule has 0 fully saturated rings. The highest BCUT2D eigenvalue weighted by atomic mass is 35.5. The highest BCUT2D eigenvalue weighted by Gasteiger charge is 2.34. The van der Waals surface area contributed by atoms with E-state index in [2.05, 4.69) is 5.32 Å². The van der Waals surface area contributed by atoms with Gasteiger partial charge in [-0.2, -0.15) is 0 Å². The fourth-order valence-corrected chi connectivity index (χ4v) is 5.99. The molecule has 1 atom stereocenters. The zero-order chi connectivity index (χ0) is 29.7. The molecule has 0 unspecified atom stereocenters. The van der Waals surface area contributed by atoms with Crippen molar-refractivity contribution in [1.82, 2.24) is 10.2 Å². The van der Waals surface area contributed by atoms with Crippen LogP contribution in [0.2, 0.25) is 10.0 Å². The number of nitrogens with one attached hydrogen (secondary N) is 1. The lowest BCUT2D eigenvalue weighted by atomic mass is 10.1. The van der Waals surface area contributed by atoms with Gasteiger partial charge < -0.3 is 10.2 Å². The molecule has 1 N–H and O–H groups in total. The Bertz CT molecular complexity index is 1460. The summed E-state index contributed by atoms with van der Waals surface area (Å²) >= 11 is 12.3. The molecule has 2 amide bonds. The van der Waals surface area contributed by atoms with Crippen LogP contribution in [0.4, 0.5) is 5.69 Å². The summed E-state index contributed by atoms with van der Waals surface area (Å²) in [6.45, 7) is 8.73. The van der Waals surface area contributed by atoms with Crippen molar-refractivity contribution in [3.05, 3.63) is 94.0 Å². The predicted octanol–water partition coefficient (Wildman–Crippen LogP) is 6.22. The summed E-state index contributed by atoms with van der Waals surface area (Å²) in [5.41, 5.74) is 1.30. The molecule has 3 aromatic rings. The number of amides is 2. The van der Waals surface area contributed by atoms with Crippen LogP contribution in [0.25, 0.3) is 0 Å².